The molecule has 2 heterocycles. The first-order valence-electron chi connectivity index (χ1n) is 7.57. The minimum absolute atomic E-state index is 0.154. The van der Waals surface area contributed by atoms with Gasteiger partial charge in [-0.15, -0.1) is 0 Å². The van der Waals surface area contributed by atoms with Crippen LogP contribution in [0.4, 0.5) is 0 Å². The number of rotatable bonds is 4. The van der Waals surface area contributed by atoms with E-state index in [1.807, 2.05) is 0 Å². The number of nitrogens with two attached hydrogens (primary N) is 1. The zero-order chi connectivity index (χ0) is 17.5. The van der Waals surface area contributed by atoms with Gasteiger partial charge >= 0.3 is 5.97 Å². The maximum absolute atomic E-state index is 12.3. The Labute approximate surface area is 138 Å². The van der Waals surface area contributed by atoms with Gasteiger partial charge in [0.25, 0.3) is 5.91 Å². The Kier molecular flexibility index (Phi) is 3.79. The Morgan fingerprint density at radius 3 is 2.62 bits per heavy atom. The van der Waals surface area contributed by atoms with E-state index in [4.69, 9.17) is 15.2 Å². The number of hydrogen-bond donors (Lipinski definition) is 2. The molecule has 24 heavy (non-hydrogen) atoms. The molecule has 3 rings (SSSR count). The first-order chi connectivity index (χ1) is 11.3. The number of carbonyl (C=O) groups is 3. The molecule has 2 amide bonds. The van der Waals surface area contributed by atoms with Crippen molar-refractivity contribution in [2.75, 3.05) is 6.61 Å². The van der Waals surface area contributed by atoms with Crippen molar-refractivity contribution < 1.29 is 23.9 Å². The lowest BCUT2D eigenvalue weighted by Crippen LogP contribution is -2.38. The van der Waals surface area contributed by atoms with Crippen LogP contribution in [0.25, 0.3) is 0 Å². The fourth-order valence-corrected chi connectivity index (χ4v) is 3.01. The normalized spacial score (nSPS) is 21.8. The Morgan fingerprint density at radius 1 is 1.33 bits per heavy atom. The molecule has 0 fully saturated rings. The number of esters is 1. The summed E-state index contributed by atoms with van der Waals surface area (Å²) in [6.45, 7) is 3.29. The lowest BCUT2D eigenvalue weighted by Gasteiger charge is -2.27. The molecule has 3 N–H and O–H groups in total. The van der Waals surface area contributed by atoms with Crippen LogP contribution in [0, 0.1) is 0 Å². The van der Waals surface area contributed by atoms with Crippen LogP contribution in [0.5, 0.6) is 5.75 Å². The van der Waals surface area contributed by atoms with Crippen LogP contribution in [0.3, 0.4) is 0 Å². The monoisotopic (exact) mass is 330 g/mol. The predicted molar refractivity (Wildman–Crippen MR) is 83.8 cm³/mol. The Bertz CT molecular complexity index is 749. The van der Waals surface area contributed by atoms with Crippen molar-refractivity contribution >= 4 is 17.8 Å². The van der Waals surface area contributed by atoms with Crippen LogP contribution in [-0.4, -0.2) is 30.0 Å². The summed E-state index contributed by atoms with van der Waals surface area (Å²) in [4.78, 5) is 35.0. The van der Waals surface area contributed by atoms with Gasteiger partial charge in [0, 0.05) is 12.3 Å². The van der Waals surface area contributed by atoms with Crippen molar-refractivity contribution in [2.24, 2.45) is 5.73 Å². The lowest BCUT2D eigenvalue weighted by molar-refractivity contribution is -0.144. The molecule has 2 aliphatic heterocycles. The van der Waals surface area contributed by atoms with Gasteiger partial charge in [-0.1, -0.05) is 12.1 Å². The largest absolute Gasteiger partial charge is 0.484 e. The summed E-state index contributed by atoms with van der Waals surface area (Å²) in [6, 6.07) is 6.89. The molecule has 0 aromatic heterocycles. The molecule has 0 saturated carbocycles. The Morgan fingerprint density at radius 2 is 2.00 bits per heavy atom. The fraction of sp³-hybridized carbons (Fsp3) is 0.353. The van der Waals surface area contributed by atoms with E-state index in [2.05, 4.69) is 5.32 Å². The maximum atomic E-state index is 12.3. The summed E-state index contributed by atoms with van der Waals surface area (Å²) in [7, 11) is 0. The van der Waals surface area contributed by atoms with Gasteiger partial charge in [-0.25, -0.2) is 4.79 Å². The molecule has 1 aromatic carbocycles. The number of carbonyl (C=O) groups excluding carboxylic acids is 3. The molecule has 1 unspecified atom stereocenters. The second kappa shape index (κ2) is 5.67. The number of hydrogen-bond acceptors (Lipinski definition) is 5. The standard InChI is InChI=1S/C17H18N2O5/c1-17(2)15-14(16(22)24-17)11(7-13(21)19-15)9-3-5-10(6-4-9)23-8-12(18)20/h3-6,11H,7-8H2,1-2H3,(H2,18,20)(H,19,21). The van der Waals surface area contributed by atoms with Crippen molar-refractivity contribution in [3.63, 3.8) is 0 Å². The van der Waals surface area contributed by atoms with Gasteiger partial charge in [-0.2, -0.15) is 0 Å². The van der Waals surface area contributed by atoms with Crippen LogP contribution in [0.15, 0.2) is 35.5 Å². The lowest BCUT2D eigenvalue weighted by atomic mass is 9.83. The molecule has 0 saturated heterocycles. The van der Waals surface area contributed by atoms with Crippen molar-refractivity contribution in [1.29, 1.82) is 0 Å². The van der Waals surface area contributed by atoms with Gasteiger partial charge in [-0.3, -0.25) is 9.59 Å². The van der Waals surface area contributed by atoms with Crippen LogP contribution >= 0.6 is 0 Å². The first kappa shape index (κ1) is 16.0. The second-order valence-electron chi connectivity index (χ2n) is 6.32. The third kappa shape index (κ3) is 2.84. The van der Waals surface area contributed by atoms with Gasteiger partial charge in [0.15, 0.2) is 6.61 Å². The predicted octanol–water partition coefficient (Wildman–Crippen LogP) is 0.744. The van der Waals surface area contributed by atoms with Crippen LogP contribution in [0.2, 0.25) is 0 Å². The molecule has 0 spiro atoms. The molecule has 2 aliphatic rings. The van der Waals surface area contributed by atoms with Gasteiger partial charge in [0.2, 0.25) is 5.91 Å². The first-order valence-corrected chi connectivity index (χ1v) is 7.57. The van der Waals surface area contributed by atoms with Crippen LogP contribution in [0.1, 0.15) is 31.7 Å². The number of amides is 2. The molecular formula is C17H18N2O5. The van der Waals surface area contributed by atoms with E-state index in [0.29, 0.717) is 17.0 Å². The third-order valence-electron chi connectivity index (χ3n) is 4.11. The highest BCUT2D eigenvalue weighted by atomic mass is 16.6. The zero-order valence-electron chi connectivity index (χ0n) is 13.4. The number of benzene rings is 1. The minimum Gasteiger partial charge on any atom is -0.484 e. The van der Waals surface area contributed by atoms with Crippen molar-refractivity contribution in [1.82, 2.24) is 5.32 Å². The summed E-state index contributed by atoms with van der Waals surface area (Å²) in [5.74, 6) is -1.00. The van der Waals surface area contributed by atoms with Gasteiger partial charge < -0.3 is 20.5 Å². The molecule has 7 nitrogen and oxygen atoms in total. The average molecular weight is 330 g/mol. The number of nitrogens with one attached hydrogen (secondary N) is 1. The topological polar surface area (TPSA) is 108 Å². The van der Waals surface area contributed by atoms with Gasteiger partial charge in [0.1, 0.15) is 11.4 Å². The molecular weight excluding hydrogens is 312 g/mol. The highest BCUT2D eigenvalue weighted by Gasteiger charge is 2.47. The van der Waals surface area contributed by atoms with E-state index in [9.17, 15) is 14.4 Å². The summed E-state index contributed by atoms with van der Waals surface area (Å²) in [5.41, 5.74) is 6.02. The number of cyclic esters (lactones) is 1. The number of ether oxygens (including phenoxy) is 2. The smallest absolute Gasteiger partial charge is 0.337 e. The van der Waals surface area contributed by atoms with E-state index in [0.717, 1.165) is 5.56 Å². The minimum atomic E-state index is -0.842. The molecule has 1 aromatic rings. The summed E-state index contributed by atoms with van der Waals surface area (Å²) >= 11 is 0. The van der Waals surface area contributed by atoms with Crippen LogP contribution in [-0.2, 0) is 19.1 Å². The van der Waals surface area contributed by atoms with E-state index >= 15 is 0 Å². The Hall–Kier alpha value is -2.83. The van der Waals surface area contributed by atoms with Gasteiger partial charge in [0.05, 0.1) is 11.3 Å². The van der Waals surface area contributed by atoms with Crippen molar-refractivity contribution in [3.05, 3.63) is 41.1 Å². The Balaban J connectivity index is 1.90. The second-order valence-corrected chi connectivity index (χ2v) is 6.32. The molecule has 7 heteroatoms. The van der Waals surface area contributed by atoms with E-state index in [1.165, 1.54) is 0 Å². The zero-order valence-corrected chi connectivity index (χ0v) is 13.4. The van der Waals surface area contributed by atoms with E-state index in [1.54, 1.807) is 38.1 Å². The fourth-order valence-electron chi connectivity index (χ4n) is 3.01. The number of primary amides is 1. The van der Waals surface area contributed by atoms with Crippen molar-refractivity contribution in [2.45, 2.75) is 31.8 Å². The molecule has 1 atom stereocenters. The summed E-state index contributed by atoms with van der Waals surface area (Å²) in [6.07, 6.45) is 0.172. The van der Waals surface area contributed by atoms with E-state index < -0.39 is 17.5 Å². The summed E-state index contributed by atoms with van der Waals surface area (Å²) in [5, 5.41) is 2.76. The highest BCUT2D eigenvalue weighted by Crippen LogP contribution is 2.42. The van der Waals surface area contributed by atoms with Gasteiger partial charge in [-0.05, 0) is 31.5 Å². The SMILES string of the molecule is CC1(C)OC(=O)C2=C1NC(=O)CC2c1ccc(OCC(N)=O)cc1. The highest BCUT2D eigenvalue weighted by molar-refractivity contribution is 5.99. The molecule has 126 valence electrons. The van der Waals surface area contributed by atoms with E-state index in [-0.39, 0.29) is 24.9 Å². The van der Waals surface area contributed by atoms with Crippen LogP contribution < -0.4 is 15.8 Å². The average Bonchev–Trinajstić information content (AvgIpc) is 2.74. The molecule has 0 bridgehead atoms. The quantitative estimate of drug-likeness (QED) is 0.792. The molecule has 0 aliphatic carbocycles. The summed E-state index contributed by atoms with van der Waals surface area (Å²) < 4.78 is 10.6. The maximum Gasteiger partial charge on any atom is 0.337 e. The molecule has 0 radical (unpaired) electrons. The van der Waals surface area contributed by atoms with Crippen molar-refractivity contribution in [3.8, 4) is 5.75 Å². The third-order valence-corrected chi connectivity index (χ3v) is 4.11.